The van der Waals surface area contributed by atoms with Crippen LogP contribution in [0.25, 0.3) is 11.1 Å². The summed E-state index contributed by atoms with van der Waals surface area (Å²) in [4.78, 5) is 6.48. The molecule has 98 valence electrons. The normalized spacial score (nSPS) is 11.0. The second-order valence-electron chi connectivity index (χ2n) is 3.97. The number of benzene rings is 1. The average Bonchev–Trinajstić information content (AvgIpc) is 2.80. The van der Waals surface area contributed by atoms with Crippen LogP contribution >= 0.6 is 0 Å². The van der Waals surface area contributed by atoms with E-state index in [-0.39, 0.29) is 0 Å². The van der Waals surface area contributed by atoms with Gasteiger partial charge in [-0.15, -0.1) is 0 Å². The summed E-state index contributed by atoms with van der Waals surface area (Å²) < 4.78 is 11.1. The minimum Gasteiger partial charge on any atom is -0.423 e. The Morgan fingerprint density at radius 1 is 1.39 bits per heavy atom. The Hall–Kier alpha value is -1.75. The maximum Gasteiger partial charge on any atom is 0.298 e. The van der Waals surface area contributed by atoms with Crippen molar-refractivity contribution in [3.63, 3.8) is 0 Å². The fourth-order valence-electron chi connectivity index (χ4n) is 1.80. The highest BCUT2D eigenvalue weighted by molar-refractivity contribution is 5.86. The van der Waals surface area contributed by atoms with Gasteiger partial charge in [-0.25, -0.2) is 0 Å². The molecule has 0 atom stereocenters. The average molecular weight is 249 g/mol. The van der Waals surface area contributed by atoms with Gasteiger partial charge in [0.25, 0.3) is 6.01 Å². The zero-order valence-corrected chi connectivity index (χ0v) is 10.8. The first-order chi connectivity index (χ1) is 8.76. The molecule has 0 saturated carbocycles. The summed E-state index contributed by atoms with van der Waals surface area (Å²) >= 11 is 0. The Balaban J connectivity index is 2.20. The molecule has 0 aliphatic rings. The number of hydrogen-bond acceptors (Lipinski definition) is 5. The van der Waals surface area contributed by atoms with Crippen LogP contribution in [-0.4, -0.2) is 31.3 Å². The first-order valence-corrected chi connectivity index (χ1v) is 6.24. The van der Waals surface area contributed by atoms with Gasteiger partial charge in [-0.2, -0.15) is 4.98 Å². The number of likely N-dealkylation sites (N-methyl/N-ethyl adjacent to an activating group) is 1. The van der Waals surface area contributed by atoms with E-state index in [0.29, 0.717) is 18.3 Å². The van der Waals surface area contributed by atoms with Gasteiger partial charge in [0.15, 0.2) is 5.58 Å². The molecule has 2 N–H and O–H groups in total. The summed E-state index contributed by atoms with van der Waals surface area (Å²) in [5.41, 5.74) is 7.96. The Labute approximate surface area is 107 Å². The lowest BCUT2D eigenvalue weighted by atomic mass is 10.3. The number of nitrogens with two attached hydrogens (primary N) is 1. The number of rotatable bonds is 6. The maximum atomic E-state index is 5.87. The van der Waals surface area contributed by atoms with E-state index in [4.69, 9.17) is 14.9 Å². The number of anilines is 2. The van der Waals surface area contributed by atoms with Crippen LogP contribution in [-0.2, 0) is 4.74 Å². The van der Waals surface area contributed by atoms with Gasteiger partial charge in [-0.1, -0.05) is 6.07 Å². The third kappa shape index (κ3) is 2.56. The summed E-state index contributed by atoms with van der Waals surface area (Å²) in [6.45, 7) is 7.01. The number of aromatic nitrogens is 1. The zero-order valence-electron chi connectivity index (χ0n) is 10.8. The largest absolute Gasteiger partial charge is 0.423 e. The number of para-hydroxylation sites is 1. The molecule has 0 spiro atoms. The van der Waals surface area contributed by atoms with E-state index in [9.17, 15) is 0 Å². The zero-order chi connectivity index (χ0) is 13.0. The molecule has 1 aromatic carbocycles. The quantitative estimate of drug-likeness (QED) is 0.628. The number of ether oxygens (including phenoxy) is 1. The lowest BCUT2D eigenvalue weighted by molar-refractivity contribution is 0.153. The molecule has 5 heteroatoms. The Kier molecular flexibility index (Phi) is 4.04. The molecular formula is C13H19N3O2. The van der Waals surface area contributed by atoms with Crippen LogP contribution in [0.4, 0.5) is 11.7 Å². The van der Waals surface area contributed by atoms with Crippen LogP contribution in [0.15, 0.2) is 22.6 Å². The minimum atomic E-state index is 0.602. The van der Waals surface area contributed by atoms with Gasteiger partial charge in [0.2, 0.25) is 0 Å². The molecule has 1 aromatic heterocycles. The van der Waals surface area contributed by atoms with Crippen LogP contribution in [0.1, 0.15) is 13.8 Å². The topological polar surface area (TPSA) is 64.5 Å². The molecule has 0 radical (unpaired) electrons. The number of hydrogen-bond donors (Lipinski definition) is 1. The van der Waals surface area contributed by atoms with Gasteiger partial charge < -0.3 is 19.8 Å². The molecule has 0 aliphatic carbocycles. The second-order valence-corrected chi connectivity index (χ2v) is 3.97. The Morgan fingerprint density at radius 3 is 2.89 bits per heavy atom. The molecule has 0 aliphatic heterocycles. The third-order valence-electron chi connectivity index (χ3n) is 2.80. The number of nitrogens with zero attached hydrogens (tertiary/aromatic N) is 2. The molecular weight excluding hydrogens is 230 g/mol. The van der Waals surface area contributed by atoms with Gasteiger partial charge in [0.1, 0.15) is 5.52 Å². The van der Waals surface area contributed by atoms with E-state index in [1.54, 1.807) is 0 Å². The first-order valence-electron chi connectivity index (χ1n) is 6.24. The molecule has 18 heavy (non-hydrogen) atoms. The van der Waals surface area contributed by atoms with Crippen molar-refractivity contribution in [1.82, 2.24) is 4.98 Å². The van der Waals surface area contributed by atoms with Crippen LogP contribution in [0.3, 0.4) is 0 Å². The highest BCUT2D eigenvalue weighted by Crippen LogP contribution is 2.25. The Morgan fingerprint density at radius 2 is 2.22 bits per heavy atom. The molecule has 2 aromatic rings. The van der Waals surface area contributed by atoms with E-state index < -0.39 is 0 Å². The molecule has 5 nitrogen and oxygen atoms in total. The second kappa shape index (κ2) is 5.73. The predicted molar refractivity (Wildman–Crippen MR) is 72.8 cm³/mol. The van der Waals surface area contributed by atoms with Gasteiger partial charge in [-0.3, -0.25) is 0 Å². The summed E-state index contributed by atoms with van der Waals surface area (Å²) in [7, 11) is 0. The van der Waals surface area contributed by atoms with Crippen molar-refractivity contribution in [2.75, 3.05) is 36.9 Å². The monoisotopic (exact) mass is 249 g/mol. The summed E-state index contributed by atoms with van der Waals surface area (Å²) in [6, 6.07) is 6.16. The number of fused-ring (bicyclic) bond motifs is 1. The smallest absolute Gasteiger partial charge is 0.298 e. The van der Waals surface area contributed by atoms with Crippen molar-refractivity contribution in [3.05, 3.63) is 18.2 Å². The van der Waals surface area contributed by atoms with Gasteiger partial charge in [0.05, 0.1) is 12.3 Å². The van der Waals surface area contributed by atoms with E-state index in [1.807, 2.05) is 30.0 Å². The van der Waals surface area contributed by atoms with E-state index in [2.05, 4.69) is 11.9 Å². The highest BCUT2D eigenvalue weighted by Gasteiger charge is 2.13. The van der Waals surface area contributed by atoms with Crippen LogP contribution < -0.4 is 10.6 Å². The van der Waals surface area contributed by atoms with Crippen LogP contribution in [0.2, 0.25) is 0 Å². The summed E-state index contributed by atoms with van der Waals surface area (Å²) in [5, 5.41) is 0. The van der Waals surface area contributed by atoms with E-state index >= 15 is 0 Å². The summed E-state index contributed by atoms with van der Waals surface area (Å²) in [6.07, 6.45) is 0. The fraction of sp³-hybridized carbons (Fsp3) is 0.462. The molecule has 0 unspecified atom stereocenters. The molecule has 0 fully saturated rings. The van der Waals surface area contributed by atoms with Gasteiger partial charge >= 0.3 is 0 Å². The molecule has 0 bridgehead atoms. The van der Waals surface area contributed by atoms with Gasteiger partial charge in [0, 0.05) is 19.7 Å². The highest BCUT2D eigenvalue weighted by atomic mass is 16.5. The predicted octanol–water partition coefficient (Wildman–Crippen LogP) is 2.27. The van der Waals surface area contributed by atoms with Crippen molar-refractivity contribution in [3.8, 4) is 0 Å². The van der Waals surface area contributed by atoms with Crippen molar-refractivity contribution in [2.45, 2.75) is 13.8 Å². The molecule has 0 amide bonds. The van der Waals surface area contributed by atoms with Crippen molar-refractivity contribution >= 4 is 22.8 Å². The van der Waals surface area contributed by atoms with Crippen molar-refractivity contribution in [2.24, 2.45) is 0 Å². The molecule has 2 rings (SSSR count). The molecule has 0 saturated heterocycles. The van der Waals surface area contributed by atoms with Crippen LogP contribution in [0, 0.1) is 0 Å². The first kappa shape index (κ1) is 12.7. The molecule has 1 heterocycles. The van der Waals surface area contributed by atoms with E-state index in [1.165, 1.54) is 0 Å². The lowest BCUT2D eigenvalue weighted by Gasteiger charge is -2.17. The minimum absolute atomic E-state index is 0.602. The Bertz CT molecular complexity index is 510. The number of nitrogen functional groups attached to an aromatic ring is 1. The lowest BCUT2D eigenvalue weighted by Crippen LogP contribution is -2.27. The number of oxazole rings is 1. The summed E-state index contributed by atoms with van der Waals surface area (Å²) in [5.74, 6) is 0. The van der Waals surface area contributed by atoms with Gasteiger partial charge in [-0.05, 0) is 26.0 Å². The maximum absolute atomic E-state index is 5.87. The van der Waals surface area contributed by atoms with E-state index in [0.717, 1.165) is 30.8 Å². The van der Waals surface area contributed by atoms with Crippen LogP contribution in [0.5, 0.6) is 0 Å². The third-order valence-corrected chi connectivity index (χ3v) is 2.80. The standard InChI is InChI=1S/C13H19N3O2/c1-3-16(8-9-17-4-2)13-15-12-10(14)6-5-7-11(12)18-13/h5-7H,3-4,8-9,14H2,1-2H3. The fourth-order valence-corrected chi connectivity index (χ4v) is 1.80. The SMILES string of the molecule is CCOCCN(CC)c1nc2c(N)cccc2o1. The van der Waals surface area contributed by atoms with Crippen molar-refractivity contribution < 1.29 is 9.15 Å². The van der Waals surface area contributed by atoms with Crippen molar-refractivity contribution in [1.29, 1.82) is 0 Å².